The summed E-state index contributed by atoms with van der Waals surface area (Å²) in [4.78, 5) is 16.3. The number of nitrogen functional groups attached to an aromatic ring is 1. The molecule has 2 rings (SSSR count). The molecular weight excluding hydrogens is 230 g/mol. The van der Waals surface area contributed by atoms with Crippen LogP contribution in [0.1, 0.15) is 17.3 Å². The molecule has 5 nitrogen and oxygen atoms in total. The minimum atomic E-state index is -0.143. The average molecular weight is 249 g/mol. The van der Waals surface area contributed by atoms with Gasteiger partial charge in [0.05, 0.1) is 11.3 Å². The molecule has 3 N–H and O–H groups in total. The third-order valence-electron chi connectivity index (χ3n) is 3.40. The number of carbonyl (C=O) groups excluding carboxylic acids is 1. The van der Waals surface area contributed by atoms with E-state index in [9.17, 15) is 9.90 Å². The van der Waals surface area contributed by atoms with Crippen LogP contribution in [0.5, 0.6) is 5.75 Å². The topological polar surface area (TPSA) is 69.8 Å². The van der Waals surface area contributed by atoms with Gasteiger partial charge in [0.1, 0.15) is 0 Å². The number of aromatic hydroxyl groups is 1. The van der Waals surface area contributed by atoms with E-state index in [2.05, 4.69) is 11.8 Å². The van der Waals surface area contributed by atoms with Gasteiger partial charge in [0.2, 0.25) is 0 Å². The van der Waals surface area contributed by atoms with Gasteiger partial charge in [0.25, 0.3) is 5.91 Å². The van der Waals surface area contributed by atoms with Gasteiger partial charge in [-0.15, -0.1) is 0 Å². The van der Waals surface area contributed by atoms with Crippen LogP contribution < -0.4 is 5.73 Å². The number of anilines is 1. The van der Waals surface area contributed by atoms with Crippen molar-refractivity contribution in [2.45, 2.75) is 6.92 Å². The van der Waals surface area contributed by atoms with E-state index in [1.165, 1.54) is 0 Å². The van der Waals surface area contributed by atoms with Crippen LogP contribution in [0.15, 0.2) is 18.2 Å². The number of phenols is 1. The molecule has 1 aromatic rings. The van der Waals surface area contributed by atoms with Crippen molar-refractivity contribution in [1.82, 2.24) is 9.80 Å². The molecule has 0 aromatic heterocycles. The highest BCUT2D eigenvalue weighted by Gasteiger charge is 2.23. The molecule has 0 unspecified atom stereocenters. The maximum atomic E-state index is 12.3. The number of phenolic OH excluding ortho intramolecular Hbond substituents is 1. The lowest BCUT2D eigenvalue weighted by Crippen LogP contribution is -2.48. The van der Waals surface area contributed by atoms with Gasteiger partial charge in [-0.3, -0.25) is 4.79 Å². The van der Waals surface area contributed by atoms with E-state index in [4.69, 9.17) is 5.73 Å². The number of rotatable bonds is 2. The number of nitrogens with zero attached hydrogens (tertiary/aromatic N) is 2. The van der Waals surface area contributed by atoms with Crippen molar-refractivity contribution in [3.05, 3.63) is 23.8 Å². The molecule has 1 aromatic carbocycles. The molecule has 0 aliphatic carbocycles. The number of benzene rings is 1. The maximum absolute atomic E-state index is 12.3. The van der Waals surface area contributed by atoms with Crippen molar-refractivity contribution in [3.63, 3.8) is 0 Å². The number of hydrogen-bond donors (Lipinski definition) is 2. The van der Waals surface area contributed by atoms with E-state index in [0.29, 0.717) is 18.7 Å². The Labute approximate surface area is 107 Å². The van der Waals surface area contributed by atoms with Crippen molar-refractivity contribution in [2.75, 3.05) is 38.5 Å². The molecule has 98 valence electrons. The highest BCUT2D eigenvalue weighted by molar-refractivity contribution is 5.98. The molecule has 1 fully saturated rings. The number of likely N-dealkylation sites (N-methyl/N-ethyl adjacent to an activating group) is 1. The quantitative estimate of drug-likeness (QED) is 0.599. The average Bonchev–Trinajstić information content (AvgIpc) is 2.41. The third-order valence-corrected chi connectivity index (χ3v) is 3.40. The molecule has 1 saturated heterocycles. The third kappa shape index (κ3) is 2.41. The van der Waals surface area contributed by atoms with Crippen LogP contribution in [0, 0.1) is 0 Å². The molecule has 0 spiro atoms. The predicted octanol–water partition coefficient (Wildman–Crippen LogP) is 0.752. The molecule has 0 bridgehead atoms. The van der Waals surface area contributed by atoms with Crippen LogP contribution in [0.4, 0.5) is 5.69 Å². The summed E-state index contributed by atoms with van der Waals surface area (Å²) in [6, 6.07) is 4.88. The standard InChI is InChI=1S/C13H19N3O2/c1-2-15-6-8-16(9-7-15)13(18)10-4-3-5-11(14)12(10)17/h3-5,17H,2,6-9,14H2,1H3. The van der Waals surface area contributed by atoms with Gasteiger partial charge in [0.15, 0.2) is 5.75 Å². The molecular formula is C13H19N3O2. The summed E-state index contributed by atoms with van der Waals surface area (Å²) in [6.45, 7) is 6.27. The zero-order valence-corrected chi connectivity index (χ0v) is 10.6. The number of piperazine rings is 1. The molecule has 0 saturated carbocycles. The number of hydrogen-bond acceptors (Lipinski definition) is 4. The van der Waals surface area contributed by atoms with Gasteiger partial charge in [0, 0.05) is 26.2 Å². The first-order valence-electron chi connectivity index (χ1n) is 6.22. The van der Waals surface area contributed by atoms with E-state index in [0.717, 1.165) is 19.6 Å². The van der Waals surface area contributed by atoms with Crippen molar-refractivity contribution < 1.29 is 9.90 Å². The Morgan fingerprint density at radius 2 is 2.00 bits per heavy atom. The molecule has 0 atom stereocenters. The Morgan fingerprint density at radius 3 is 2.61 bits per heavy atom. The van der Waals surface area contributed by atoms with Crippen molar-refractivity contribution >= 4 is 11.6 Å². The van der Waals surface area contributed by atoms with Gasteiger partial charge in [-0.1, -0.05) is 13.0 Å². The van der Waals surface area contributed by atoms with Gasteiger partial charge < -0.3 is 20.6 Å². The monoisotopic (exact) mass is 249 g/mol. The minimum absolute atomic E-state index is 0.111. The molecule has 1 aliphatic rings. The zero-order valence-electron chi connectivity index (χ0n) is 10.6. The molecule has 18 heavy (non-hydrogen) atoms. The van der Waals surface area contributed by atoms with Crippen LogP contribution in [0.2, 0.25) is 0 Å². The molecule has 1 heterocycles. The Hall–Kier alpha value is -1.75. The molecule has 5 heteroatoms. The fourth-order valence-corrected chi connectivity index (χ4v) is 2.17. The fourth-order valence-electron chi connectivity index (χ4n) is 2.17. The minimum Gasteiger partial charge on any atom is -0.505 e. The lowest BCUT2D eigenvalue weighted by atomic mass is 10.1. The Kier molecular flexibility index (Phi) is 3.72. The molecule has 0 radical (unpaired) electrons. The first-order chi connectivity index (χ1) is 8.63. The van der Waals surface area contributed by atoms with E-state index >= 15 is 0 Å². The smallest absolute Gasteiger partial charge is 0.257 e. The second kappa shape index (κ2) is 5.27. The van der Waals surface area contributed by atoms with E-state index in [-0.39, 0.29) is 17.3 Å². The highest BCUT2D eigenvalue weighted by Crippen LogP contribution is 2.25. The van der Waals surface area contributed by atoms with Crippen molar-refractivity contribution in [1.29, 1.82) is 0 Å². The summed E-state index contributed by atoms with van der Waals surface area (Å²) in [6.07, 6.45) is 0. The second-order valence-electron chi connectivity index (χ2n) is 4.47. The predicted molar refractivity (Wildman–Crippen MR) is 70.5 cm³/mol. The summed E-state index contributed by atoms with van der Waals surface area (Å²) >= 11 is 0. The Morgan fingerprint density at radius 1 is 1.33 bits per heavy atom. The van der Waals surface area contributed by atoms with Crippen LogP contribution in [0.25, 0.3) is 0 Å². The largest absolute Gasteiger partial charge is 0.505 e. The zero-order chi connectivity index (χ0) is 13.1. The lowest BCUT2D eigenvalue weighted by Gasteiger charge is -2.34. The molecule has 1 amide bonds. The number of carbonyl (C=O) groups is 1. The van der Waals surface area contributed by atoms with E-state index < -0.39 is 0 Å². The van der Waals surface area contributed by atoms with Crippen LogP contribution in [-0.4, -0.2) is 53.5 Å². The summed E-state index contributed by atoms with van der Waals surface area (Å²) in [5.74, 6) is -0.254. The van der Waals surface area contributed by atoms with E-state index in [1.54, 1.807) is 23.1 Å². The van der Waals surface area contributed by atoms with Gasteiger partial charge in [-0.2, -0.15) is 0 Å². The van der Waals surface area contributed by atoms with Crippen LogP contribution in [-0.2, 0) is 0 Å². The summed E-state index contributed by atoms with van der Waals surface area (Å²) in [5.41, 5.74) is 6.14. The summed E-state index contributed by atoms with van der Waals surface area (Å²) in [7, 11) is 0. The SMILES string of the molecule is CCN1CCN(C(=O)c2cccc(N)c2O)CC1. The van der Waals surface area contributed by atoms with Gasteiger partial charge in [-0.25, -0.2) is 0 Å². The first-order valence-corrected chi connectivity index (χ1v) is 6.22. The number of para-hydroxylation sites is 1. The number of amides is 1. The second-order valence-corrected chi connectivity index (χ2v) is 4.47. The lowest BCUT2D eigenvalue weighted by molar-refractivity contribution is 0.0640. The maximum Gasteiger partial charge on any atom is 0.257 e. The van der Waals surface area contributed by atoms with Crippen LogP contribution in [0.3, 0.4) is 0 Å². The summed E-state index contributed by atoms with van der Waals surface area (Å²) < 4.78 is 0. The summed E-state index contributed by atoms with van der Waals surface area (Å²) in [5, 5.41) is 9.81. The number of nitrogens with two attached hydrogens (primary N) is 1. The van der Waals surface area contributed by atoms with E-state index in [1.807, 2.05) is 0 Å². The van der Waals surface area contributed by atoms with Crippen molar-refractivity contribution in [2.24, 2.45) is 0 Å². The van der Waals surface area contributed by atoms with Crippen LogP contribution >= 0.6 is 0 Å². The Bertz CT molecular complexity index is 440. The van der Waals surface area contributed by atoms with Gasteiger partial charge in [-0.05, 0) is 18.7 Å². The normalized spacial score (nSPS) is 16.8. The highest BCUT2D eigenvalue weighted by atomic mass is 16.3. The van der Waals surface area contributed by atoms with Gasteiger partial charge >= 0.3 is 0 Å². The Balaban J connectivity index is 2.10. The fraction of sp³-hybridized carbons (Fsp3) is 0.462. The van der Waals surface area contributed by atoms with Crippen molar-refractivity contribution in [3.8, 4) is 5.75 Å². The molecule has 1 aliphatic heterocycles. The first kappa shape index (κ1) is 12.7.